The van der Waals surface area contributed by atoms with E-state index in [-0.39, 0.29) is 5.41 Å². The largest absolute Gasteiger partial charge is 0.310 e. The van der Waals surface area contributed by atoms with Gasteiger partial charge in [0, 0.05) is 38.8 Å². The average Bonchev–Trinajstić information content (AvgIpc) is 4.16. The molecular formula is C76H54N2. The molecule has 0 radical (unpaired) electrons. The summed E-state index contributed by atoms with van der Waals surface area (Å²) in [6.45, 7) is 4.78. The minimum atomic E-state index is -0.464. The van der Waals surface area contributed by atoms with Crippen LogP contribution in [0, 0.1) is 0 Å². The molecule has 0 saturated carbocycles. The van der Waals surface area contributed by atoms with Crippen LogP contribution in [-0.2, 0) is 10.8 Å². The zero-order chi connectivity index (χ0) is 52.0. The zero-order valence-electron chi connectivity index (χ0n) is 43.6. The lowest BCUT2D eigenvalue weighted by Gasteiger charge is -2.46. The van der Waals surface area contributed by atoms with E-state index >= 15 is 0 Å². The Morgan fingerprint density at radius 1 is 0.282 bits per heavy atom. The molecule has 368 valence electrons. The van der Waals surface area contributed by atoms with Crippen molar-refractivity contribution in [3.63, 3.8) is 0 Å². The van der Waals surface area contributed by atoms with Gasteiger partial charge in [0.05, 0.1) is 22.1 Å². The summed E-state index contributed by atoms with van der Waals surface area (Å²) in [5.74, 6) is 0. The van der Waals surface area contributed by atoms with Crippen LogP contribution in [0.5, 0.6) is 0 Å². The van der Waals surface area contributed by atoms with Gasteiger partial charge in [0.2, 0.25) is 0 Å². The van der Waals surface area contributed by atoms with Crippen molar-refractivity contribution >= 4 is 38.9 Å². The summed E-state index contributed by atoms with van der Waals surface area (Å²) in [6, 6.07) is 108. The van der Waals surface area contributed by atoms with Gasteiger partial charge >= 0.3 is 0 Å². The quantitative estimate of drug-likeness (QED) is 0.147. The molecule has 0 amide bonds. The van der Waals surface area contributed by atoms with E-state index in [9.17, 15) is 0 Å². The summed E-state index contributed by atoms with van der Waals surface area (Å²) in [5.41, 5.74) is 26.4. The van der Waals surface area contributed by atoms with Crippen LogP contribution in [0.4, 0.5) is 17.1 Å². The second-order valence-corrected chi connectivity index (χ2v) is 21.5. The van der Waals surface area contributed by atoms with Gasteiger partial charge in [0.25, 0.3) is 0 Å². The zero-order valence-corrected chi connectivity index (χ0v) is 43.6. The maximum Gasteiger partial charge on any atom is 0.0719 e. The van der Waals surface area contributed by atoms with Crippen LogP contribution in [0.25, 0.3) is 83.1 Å². The second-order valence-electron chi connectivity index (χ2n) is 21.5. The third-order valence-corrected chi connectivity index (χ3v) is 17.1. The molecule has 0 N–H and O–H groups in total. The molecule has 12 aromatic carbocycles. The molecule has 0 bridgehead atoms. The molecule has 0 atom stereocenters. The van der Waals surface area contributed by atoms with E-state index in [0.29, 0.717) is 0 Å². The lowest BCUT2D eigenvalue weighted by atomic mass is 9.55. The van der Waals surface area contributed by atoms with Gasteiger partial charge in [-0.15, -0.1) is 0 Å². The molecule has 0 saturated heterocycles. The number of rotatable bonds is 8. The summed E-state index contributed by atoms with van der Waals surface area (Å²) in [4.78, 5) is 2.45. The van der Waals surface area contributed by atoms with Crippen LogP contribution < -0.4 is 4.90 Å². The highest BCUT2D eigenvalue weighted by Crippen LogP contribution is 2.62. The predicted molar refractivity (Wildman–Crippen MR) is 327 cm³/mol. The van der Waals surface area contributed by atoms with Crippen LogP contribution in [0.15, 0.2) is 291 Å². The highest BCUT2D eigenvalue weighted by Gasteiger charge is 2.53. The normalized spacial score (nSPS) is 13.5. The number of benzene rings is 12. The SMILES string of the molecule is CC1(C)c2ccccc2C2(c3ccccc3-c3ccc(-c4ccc(N(c5ccc(-n6c7ccccc7c7ccccc76)cc5)c5ccccc5-c5ccccc5-c5ccccc5-c5ccccc5)cc4)cc32)c2ccccc21. The fraction of sp³-hybridized carbons (Fsp3) is 0.0526. The van der Waals surface area contributed by atoms with Gasteiger partial charge in [0.15, 0.2) is 0 Å². The first-order valence-corrected chi connectivity index (χ1v) is 27.3. The minimum absolute atomic E-state index is 0.159. The van der Waals surface area contributed by atoms with Crippen LogP contribution in [0.1, 0.15) is 47.2 Å². The smallest absolute Gasteiger partial charge is 0.0719 e. The van der Waals surface area contributed by atoms with E-state index in [4.69, 9.17) is 0 Å². The molecule has 2 aliphatic carbocycles. The Balaban J connectivity index is 0.892. The van der Waals surface area contributed by atoms with Crippen molar-refractivity contribution in [1.29, 1.82) is 0 Å². The first-order chi connectivity index (χ1) is 38.5. The summed E-state index contributed by atoms with van der Waals surface area (Å²) in [5, 5.41) is 2.50. The Labute approximate surface area is 456 Å². The van der Waals surface area contributed by atoms with Crippen LogP contribution >= 0.6 is 0 Å². The van der Waals surface area contributed by atoms with E-state index < -0.39 is 5.41 Å². The molecule has 15 rings (SSSR count). The Morgan fingerprint density at radius 2 is 0.705 bits per heavy atom. The van der Waals surface area contributed by atoms with E-state index in [0.717, 1.165) is 28.3 Å². The highest BCUT2D eigenvalue weighted by atomic mass is 15.1. The molecule has 1 aromatic heterocycles. The number of aromatic nitrogens is 1. The first-order valence-electron chi connectivity index (χ1n) is 27.3. The molecule has 0 fully saturated rings. The summed E-state index contributed by atoms with van der Waals surface area (Å²) in [7, 11) is 0. The highest BCUT2D eigenvalue weighted by molar-refractivity contribution is 6.09. The fourth-order valence-electron chi connectivity index (χ4n) is 13.7. The average molecular weight is 995 g/mol. The number of hydrogen-bond acceptors (Lipinski definition) is 1. The molecule has 2 nitrogen and oxygen atoms in total. The van der Waals surface area contributed by atoms with E-state index in [2.05, 4.69) is 315 Å². The van der Waals surface area contributed by atoms with Crippen molar-refractivity contribution in [3.05, 3.63) is 325 Å². The van der Waals surface area contributed by atoms with E-state index in [1.807, 2.05) is 0 Å². The summed E-state index contributed by atoms with van der Waals surface area (Å²) < 4.78 is 2.40. The number of fused-ring (bicyclic) bond motifs is 12. The van der Waals surface area contributed by atoms with E-state index in [1.165, 1.54) is 105 Å². The van der Waals surface area contributed by atoms with Crippen LogP contribution in [0.2, 0.25) is 0 Å². The van der Waals surface area contributed by atoms with E-state index in [1.54, 1.807) is 0 Å². The van der Waals surface area contributed by atoms with Crippen LogP contribution in [-0.4, -0.2) is 4.57 Å². The molecule has 78 heavy (non-hydrogen) atoms. The molecular weight excluding hydrogens is 941 g/mol. The molecule has 2 aliphatic rings. The van der Waals surface area contributed by atoms with Crippen molar-refractivity contribution in [2.75, 3.05) is 4.90 Å². The maximum absolute atomic E-state index is 2.50. The van der Waals surface area contributed by atoms with Gasteiger partial charge in [-0.3, -0.25) is 0 Å². The van der Waals surface area contributed by atoms with Gasteiger partial charge < -0.3 is 9.47 Å². The second kappa shape index (κ2) is 17.9. The lowest BCUT2D eigenvalue weighted by molar-refractivity contribution is 0.563. The number of anilines is 3. The summed E-state index contributed by atoms with van der Waals surface area (Å²) in [6.07, 6.45) is 0. The molecule has 1 spiro atoms. The summed E-state index contributed by atoms with van der Waals surface area (Å²) >= 11 is 0. The molecule has 13 aromatic rings. The van der Waals surface area contributed by atoms with Crippen molar-refractivity contribution in [2.45, 2.75) is 24.7 Å². The standard InChI is InChI=1S/C76H54N2/c1-75(2)67-33-15-17-35-69(67)76(70-36-18-16-34-68(70)75)66-32-14-10-28-61(66)62-49-42-53(50-71(62)76)51-40-43-54(44-41-51)77(55-45-47-56(48-46-55)78-73-38-20-12-30-64(73)65-31-13-21-39-74(65)78)72-37-19-11-29-63(72)60-27-9-8-26-59(60)58-25-7-6-24-57(58)52-22-4-3-5-23-52/h3-50H,1-2H3. The lowest BCUT2D eigenvalue weighted by Crippen LogP contribution is -2.40. The molecule has 1 heterocycles. The van der Waals surface area contributed by atoms with Crippen molar-refractivity contribution in [1.82, 2.24) is 4.57 Å². The third kappa shape index (κ3) is 6.83. The monoisotopic (exact) mass is 994 g/mol. The van der Waals surface area contributed by atoms with Crippen molar-refractivity contribution in [3.8, 4) is 61.3 Å². The molecule has 2 heteroatoms. The predicted octanol–water partition coefficient (Wildman–Crippen LogP) is 19.9. The Morgan fingerprint density at radius 3 is 1.32 bits per heavy atom. The third-order valence-electron chi connectivity index (χ3n) is 17.1. The van der Waals surface area contributed by atoms with Crippen LogP contribution in [0.3, 0.4) is 0 Å². The van der Waals surface area contributed by atoms with Gasteiger partial charge in [0.1, 0.15) is 0 Å². The fourth-order valence-corrected chi connectivity index (χ4v) is 13.7. The van der Waals surface area contributed by atoms with Crippen molar-refractivity contribution in [2.24, 2.45) is 0 Å². The van der Waals surface area contributed by atoms with Gasteiger partial charge in [-0.25, -0.2) is 0 Å². The first kappa shape index (κ1) is 45.6. The van der Waals surface area contributed by atoms with Gasteiger partial charge in [-0.2, -0.15) is 0 Å². The number of para-hydroxylation sites is 3. The topological polar surface area (TPSA) is 8.17 Å². The number of hydrogen-bond donors (Lipinski definition) is 0. The molecule has 0 unspecified atom stereocenters. The van der Waals surface area contributed by atoms with Crippen molar-refractivity contribution < 1.29 is 0 Å². The molecule has 0 aliphatic heterocycles. The Kier molecular flexibility index (Phi) is 10.5. The number of nitrogens with zero attached hydrogens (tertiary/aromatic N) is 2. The Bertz CT molecular complexity index is 4360. The maximum atomic E-state index is 2.50. The Hall–Kier alpha value is -9.76. The minimum Gasteiger partial charge on any atom is -0.310 e. The van der Waals surface area contributed by atoms with Gasteiger partial charge in [-0.05, 0) is 144 Å². The van der Waals surface area contributed by atoms with Gasteiger partial charge in [-0.1, -0.05) is 244 Å².